The normalized spacial score (nSPS) is 12.0. The van der Waals surface area contributed by atoms with Gasteiger partial charge in [-0.2, -0.15) is 0 Å². The number of carbonyl (C=O) groups is 2. The molecule has 0 aliphatic heterocycles. The van der Waals surface area contributed by atoms with Gasteiger partial charge in [0.2, 0.25) is 5.91 Å². The highest BCUT2D eigenvalue weighted by atomic mass is 16.3. The molecule has 2 amide bonds. The van der Waals surface area contributed by atoms with Gasteiger partial charge in [-0.25, -0.2) is 0 Å². The van der Waals surface area contributed by atoms with Gasteiger partial charge in [-0.3, -0.25) is 14.5 Å². The second-order valence-electron chi connectivity index (χ2n) is 6.02. The number of hydrogen-bond donors (Lipinski definition) is 2. The number of rotatable bonds is 9. The monoisotopic (exact) mass is 343 g/mol. The molecule has 1 atom stereocenters. The van der Waals surface area contributed by atoms with Crippen molar-refractivity contribution in [3.8, 4) is 0 Å². The summed E-state index contributed by atoms with van der Waals surface area (Å²) in [5.41, 5.74) is 0.624. The van der Waals surface area contributed by atoms with Gasteiger partial charge in [-0.15, -0.1) is 0 Å². The van der Waals surface area contributed by atoms with Gasteiger partial charge in [0.25, 0.3) is 5.91 Å². The summed E-state index contributed by atoms with van der Waals surface area (Å²) in [6.07, 6.45) is 2.59. The van der Waals surface area contributed by atoms with Crippen LogP contribution in [0.15, 0.2) is 53.1 Å². The van der Waals surface area contributed by atoms with Crippen LogP contribution in [-0.4, -0.2) is 43.9 Å². The van der Waals surface area contributed by atoms with Gasteiger partial charge in [0.05, 0.1) is 12.3 Å². The molecular weight excluding hydrogens is 318 g/mol. The number of nitrogens with zero attached hydrogens (tertiary/aromatic N) is 1. The Morgan fingerprint density at radius 1 is 1.08 bits per heavy atom. The van der Waals surface area contributed by atoms with Crippen LogP contribution in [0.1, 0.15) is 35.0 Å². The lowest BCUT2D eigenvalue weighted by molar-refractivity contribution is -0.121. The minimum Gasteiger partial charge on any atom is -0.468 e. The number of furan rings is 1. The SMILES string of the molecule is CN(C)C(CNC(=O)CCCNC(=O)c1ccccc1)c1ccco1. The standard InChI is InChI=1S/C19H25N3O3/c1-22(2)16(17-10-7-13-25-17)14-21-18(23)11-6-12-20-19(24)15-8-4-3-5-9-15/h3-5,7-10,13,16H,6,11-12,14H2,1-2H3,(H,20,24)(H,21,23). The van der Waals surface area contributed by atoms with Crippen LogP contribution >= 0.6 is 0 Å². The van der Waals surface area contributed by atoms with Gasteiger partial charge < -0.3 is 15.1 Å². The van der Waals surface area contributed by atoms with Crippen molar-refractivity contribution < 1.29 is 14.0 Å². The van der Waals surface area contributed by atoms with Crippen LogP contribution < -0.4 is 10.6 Å². The third-order valence-corrected chi connectivity index (χ3v) is 3.89. The van der Waals surface area contributed by atoms with Crippen LogP contribution in [0, 0.1) is 0 Å². The largest absolute Gasteiger partial charge is 0.468 e. The van der Waals surface area contributed by atoms with Crippen molar-refractivity contribution in [1.82, 2.24) is 15.5 Å². The Balaban J connectivity index is 1.66. The summed E-state index contributed by atoms with van der Waals surface area (Å²) in [5.74, 6) is 0.666. The average Bonchev–Trinajstić information content (AvgIpc) is 3.13. The van der Waals surface area contributed by atoms with E-state index < -0.39 is 0 Å². The number of hydrogen-bond acceptors (Lipinski definition) is 4. The molecular formula is C19H25N3O3. The molecule has 0 saturated carbocycles. The Morgan fingerprint density at radius 2 is 1.84 bits per heavy atom. The maximum absolute atomic E-state index is 12.0. The number of amides is 2. The van der Waals surface area contributed by atoms with Gasteiger partial charge in [0, 0.05) is 25.1 Å². The zero-order valence-electron chi connectivity index (χ0n) is 14.7. The van der Waals surface area contributed by atoms with Gasteiger partial charge in [0.15, 0.2) is 0 Å². The molecule has 1 heterocycles. The second-order valence-corrected chi connectivity index (χ2v) is 6.02. The van der Waals surface area contributed by atoms with Crippen molar-refractivity contribution in [2.45, 2.75) is 18.9 Å². The first kappa shape index (κ1) is 18.7. The Kier molecular flexibility index (Phi) is 7.22. The van der Waals surface area contributed by atoms with Crippen molar-refractivity contribution >= 4 is 11.8 Å². The Morgan fingerprint density at radius 3 is 2.48 bits per heavy atom. The van der Waals surface area contributed by atoms with Crippen LogP contribution in [-0.2, 0) is 4.79 Å². The average molecular weight is 343 g/mol. The zero-order chi connectivity index (χ0) is 18.1. The number of nitrogens with one attached hydrogen (secondary N) is 2. The maximum atomic E-state index is 12.0. The number of benzene rings is 1. The minimum absolute atomic E-state index is 0.00302. The first-order valence-corrected chi connectivity index (χ1v) is 8.37. The summed E-state index contributed by atoms with van der Waals surface area (Å²) >= 11 is 0. The predicted molar refractivity (Wildman–Crippen MR) is 96.2 cm³/mol. The summed E-state index contributed by atoms with van der Waals surface area (Å²) in [7, 11) is 3.89. The van der Waals surface area contributed by atoms with Crippen LogP contribution in [0.5, 0.6) is 0 Å². The highest BCUT2D eigenvalue weighted by molar-refractivity contribution is 5.94. The van der Waals surface area contributed by atoms with Gasteiger partial charge in [-0.05, 0) is 44.8 Å². The third kappa shape index (κ3) is 6.08. The van der Waals surface area contributed by atoms with E-state index >= 15 is 0 Å². The molecule has 134 valence electrons. The number of carbonyl (C=O) groups excluding carboxylic acids is 2. The Bertz CT molecular complexity index is 654. The molecule has 2 rings (SSSR count). The molecule has 0 aliphatic carbocycles. The first-order valence-electron chi connectivity index (χ1n) is 8.37. The number of likely N-dealkylation sites (N-methyl/N-ethyl adjacent to an activating group) is 1. The van der Waals surface area contributed by atoms with Crippen LogP contribution in [0.3, 0.4) is 0 Å². The second kappa shape index (κ2) is 9.64. The van der Waals surface area contributed by atoms with E-state index in [0.29, 0.717) is 31.5 Å². The van der Waals surface area contributed by atoms with E-state index in [2.05, 4.69) is 10.6 Å². The zero-order valence-corrected chi connectivity index (χ0v) is 14.7. The van der Waals surface area contributed by atoms with Gasteiger partial charge >= 0.3 is 0 Å². The molecule has 1 unspecified atom stereocenters. The lowest BCUT2D eigenvalue weighted by Gasteiger charge is -2.22. The summed E-state index contributed by atoms with van der Waals surface area (Å²) in [4.78, 5) is 25.9. The quantitative estimate of drug-likeness (QED) is 0.685. The minimum atomic E-state index is -0.119. The Labute approximate surface area is 148 Å². The molecule has 1 aromatic carbocycles. The topological polar surface area (TPSA) is 74.6 Å². The fourth-order valence-electron chi connectivity index (χ4n) is 2.46. The van der Waals surface area contributed by atoms with Crippen molar-refractivity contribution in [2.75, 3.05) is 27.2 Å². The molecule has 0 fully saturated rings. The molecule has 25 heavy (non-hydrogen) atoms. The van der Waals surface area contributed by atoms with Gasteiger partial charge in [-0.1, -0.05) is 18.2 Å². The molecule has 2 N–H and O–H groups in total. The van der Waals surface area contributed by atoms with E-state index in [4.69, 9.17) is 4.42 Å². The highest BCUT2D eigenvalue weighted by Gasteiger charge is 2.17. The van der Waals surface area contributed by atoms with Gasteiger partial charge in [0.1, 0.15) is 5.76 Å². The molecule has 1 aromatic heterocycles. The van der Waals surface area contributed by atoms with Crippen molar-refractivity contribution in [3.05, 3.63) is 60.1 Å². The summed E-state index contributed by atoms with van der Waals surface area (Å²) < 4.78 is 5.42. The van der Waals surface area contributed by atoms with Crippen molar-refractivity contribution in [3.63, 3.8) is 0 Å². The van der Waals surface area contributed by atoms with E-state index in [1.165, 1.54) is 0 Å². The highest BCUT2D eigenvalue weighted by Crippen LogP contribution is 2.17. The fourth-order valence-corrected chi connectivity index (χ4v) is 2.46. The summed E-state index contributed by atoms with van der Waals surface area (Å²) in [6.45, 7) is 0.951. The molecule has 6 heteroatoms. The van der Waals surface area contributed by atoms with E-state index in [1.807, 2.05) is 49.3 Å². The smallest absolute Gasteiger partial charge is 0.251 e. The predicted octanol–water partition coefficient (Wildman–Crippen LogP) is 2.21. The fraction of sp³-hybridized carbons (Fsp3) is 0.368. The molecule has 0 radical (unpaired) electrons. The van der Waals surface area contributed by atoms with E-state index in [1.54, 1.807) is 18.4 Å². The van der Waals surface area contributed by atoms with Crippen LogP contribution in [0.4, 0.5) is 0 Å². The lowest BCUT2D eigenvalue weighted by Crippen LogP contribution is -2.34. The summed E-state index contributed by atoms with van der Waals surface area (Å²) in [6, 6.07) is 12.8. The van der Waals surface area contributed by atoms with Crippen molar-refractivity contribution in [1.29, 1.82) is 0 Å². The third-order valence-electron chi connectivity index (χ3n) is 3.89. The van der Waals surface area contributed by atoms with E-state index in [-0.39, 0.29) is 17.9 Å². The molecule has 0 spiro atoms. The first-order chi connectivity index (χ1) is 12.1. The van der Waals surface area contributed by atoms with Crippen molar-refractivity contribution in [2.24, 2.45) is 0 Å². The Hall–Kier alpha value is -2.60. The molecule has 0 bridgehead atoms. The summed E-state index contributed by atoms with van der Waals surface area (Å²) in [5, 5.41) is 5.74. The van der Waals surface area contributed by atoms with E-state index in [9.17, 15) is 9.59 Å². The van der Waals surface area contributed by atoms with Crippen LogP contribution in [0.2, 0.25) is 0 Å². The van der Waals surface area contributed by atoms with Crippen LogP contribution in [0.25, 0.3) is 0 Å². The van der Waals surface area contributed by atoms with E-state index in [0.717, 1.165) is 5.76 Å². The molecule has 6 nitrogen and oxygen atoms in total. The lowest BCUT2D eigenvalue weighted by atomic mass is 10.2. The molecule has 0 aliphatic rings. The molecule has 0 saturated heterocycles. The molecule has 2 aromatic rings. The maximum Gasteiger partial charge on any atom is 0.251 e.